The largest absolute Gasteiger partial charge is 0.456 e. The summed E-state index contributed by atoms with van der Waals surface area (Å²) in [7, 11) is 0. The molecule has 6 nitrogen and oxygen atoms in total. The average molecular weight is 552 g/mol. The molecule has 0 atom stereocenters. The Hall–Kier alpha value is -3.93. The summed E-state index contributed by atoms with van der Waals surface area (Å²) in [5, 5.41) is 3.16. The maximum Gasteiger partial charge on any atom is 0.339 e. The third-order valence-corrected chi connectivity index (χ3v) is 7.73. The molecule has 4 aromatic rings. The van der Waals surface area contributed by atoms with Crippen LogP contribution in [0.5, 0.6) is 0 Å². The smallest absolute Gasteiger partial charge is 0.339 e. The van der Waals surface area contributed by atoms with E-state index in [0.29, 0.717) is 12.1 Å². The van der Waals surface area contributed by atoms with Gasteiger partial charge in [0.15, 0.2) is 0 Å². The minimum absolute atomic E-state index is 0.120. The van der Waals surface area contributed by atoms with Crippen LogP contribution in [-0.2, 0) is 22.5 Å². The van der Waals surface area contributed by atoms with Gasteiger partial charge in [0.2, 0.25) is 5.91 Å². The molecule has 1 aliphatic carbocycles. The van der Waals surface area contributed by atoms with Gasteiger partial charge in [-0.1, -0.05) is 68.7 Å². The zero-order valence-corrected chi connectivity index (χ0v) is 24.7. The predicted octanol–water partition coefficient (Wildman–Crippen LogP) is 8.18. The summed E-state index contributed by atoms with van der Waals surface area (Å²) >= 11 is 0. The van der Waals surface area contributed by atoms with E-state index in [9.17, 15) is 9.59 Å². The molecule has 1 aromatic heterocycles. The molecule has 1 saturated carbocycles. The second-order valence-corrected chi connectivity index (χ2v) is 12.1. The van der Waals surface area contributed by atoms with Gasteiger partial charge >= 0.3 is 5.97 Å². The lowest BCUT2D eigenvalue weighted by Crippen LogP contribution is -2.24. The zero-order chi connectivity index (χ0) is 29.0. The number of nitrogens with zero attached hydrogens (tertiary/aromatic N) is 2. The van der Waals surface area contributed by atoms with Crippen molar-refractivity contribution in [1.29, 1.82) is 0 Å². The number of amides is 1. The van der Waals surface area contributed by atoms with Gasteiger partial charge < -0.3 is 14.6 Å². The summed E-state index contributed by atoms with van der Waals surface area (Å²) < 4.78 is 7.93. The molecule has 5 rings (SSSR count). The number of carbonyl (C=O) groups excluding carboxylic acids is 2. The first-order valence-corrected chi connectivity index (χ1v) is 14.9. The number of anilines is 1. The predicted molar refractivity (Wildman–Crippen MR) is 165 cm³/mol. The van der Waals surface area contributed by atoms with Crippen LogP contribution in [0.2, 0.25) is 0 Å². The molecule has 0 saturated heterocycles. The fourth-order valence-electron chi connectivity index (χ4n) is 5.60. The van der Waals surface area contributed by atoms with E-state index in [0.717, 1.165) is 84.2 Å². The van der Waals surface area contributed by atoms with E-state index in [1.165, 1.54) is 0 Å². The van der Waals surface area contributed by atoms with Gasteiger partial charge in [0.25, 0.3) is 0 Å². The Kier molecular flexibility index (Phi) is 8.57. The van der Waals surface area contributed by atoms with Crippen LogP contribution in [-0.4, -0.2) is 27.0 Å². The Morgan fingerprint density at radius 1 is 1.00 bits per heavy atom. The maximum absolute atomic E-state index is 12.9. The first-order chi connectivity index (χ1) is 19.7. The highest BCUT2D eigenvalue weighted by molar-refractivity contribution is 5.97. The van der Waals surface area contributed by atoms with Crippen molar-refractivity contribution in [2.24, 2.45) is 5.92 Å². The number of ether oxygens (including phenoxy) is 1. The molecule has 41 heavy (non-hydrogen) atoms. The summed E-state index contributed by atoms with van der Waals surface area (Å²) in [6.07, 6.45) is 7.28. The van der Waals surface area contributed by atoms with Crippen molar-refractivity contribution in [2.75, 3.05) is 5.32 Å². The summed E-state index contributed by atoms with van der Waals surface area (Å²) in [4.78, 5) is 30.7. The molecule has 0 aliphatic heterocycles. The minimum Gasteiger partial charge on any atom is -0.456 e. The van der Waals surface area contributed by atoms with Gasteiger partial charge in [-0.25, -0.2) is 9.78 Å². The number of hydrogen-bond donors (Lipinski definition) is 1. The van der Waals surface area contributed by atoms with Crippen LogP contribution in [0.25, 0.3) is 22.2 Å². The molecule has 0 radical (unpaired) electrons. The number of esters is 1. The Labute approximate surface area is 243 Å². The Morgan fingerprint density at radius 2 is 1.73 bits per heavy atom. The number of imidazole rings is 1. The van der Waals surface area contributed by atoms with Crippen molar-refractivity contribution in [3.63, 3.8) is 0 Å². The Morgan fingerprint density at radius 3 is 2.44 bits per heavy atom. The number of nitrogens with one attached hydrogen (secondary N) is 1. The van der Waals surface area contributed by atoms with Crippen molar-refractivity contribution in [3.8, 4) is 11.1 Å². The van der Waals surface area contributed by atoms with Crippen molar-refractivity contribution in [3.05, 3.63) is 83.7 Å². The first-order valence-electron chi connectivity index (χ1n) is 14.9. The van der Waals surface area contributed by atoms with E-state index < -0.39 is 5.60 Å². The van der Waals surface area contributed by atoms with Gasteiger partial charge in [0.1, 0.15) is 11.4 Å². The second kappa shape index (κ2) is 12.3. The number of aryl methyl sites for hydroxylation is 1. The lowest BCUT2D eigenvalue weighted by molar-refractivity contribution is -0.119. The molecule has 0 spiro atoms. The highest BCUT2D eigenvalue weighted by atomic mass is 16.6. The van der Waals surface area contributed by atoms with Crippen LogP contribution in [0.1, 0.15) is 88.0 Å². The highest BCUT2D eigenvalue weighted by Gasteiger charge is 2.23. The molecule has 214 valence electrons. The van der Waals surface area contributed by atoms with E-state index >= 15 is 0 Å². The fraction of sp³-hybridized carbons (Fsp3) is 0.400. The Balaban J connectivity index is 1.41. The monoisotopic (exact) mass is 551 g/mol. The normalized spacial score (nSPS) is 14.0. The molecular formula is C35H41N3O3. The number of hydrogen-bond acceptors (Lipinski definition) is 4. The van der Waals surface area contributed by atoms with E-state index in [4.69, 9.17) is 9.72 Å². The van der Waals surface area contributed by atoms with E-state index in [2.05, 4.69) is 47.1 Å². The van der Waals surface area contributed by atoms with Crippen molar-refractivity contribution in [2.45, 2.75) is 84.8 Å². The standard InChI is InChI=1S/C35H41N3O3/c1-5-6-15-32-37-30-21-20-27(36-33(39)26-11-7-8-12-26)22-31(30)38(32)23-24-16-18-25(19-17-24)28-13-9-10-14-29(28)34(40)41-35(2,3)4/h9-10,13-14,16-22,26H,5-8,11-12,15,23H2,1-4H3,(H,36,39). The topological polar surface area (TPSA) is 73.2 Å². The third kappa shape index (κ3) is 6.87. The number of aromatic nitrogens is 2. The van der Waals surface area contributed by atoms with Gasteiger partial charge in [0, 0.05) is 24.6 Å². The van der Waals surface area contributed by atoms with E-state index in [1.54, 1.807) is 0 Å². The number of benzene rings is 3. The van der Waals surface area contributed by atoms with Gasteiger partial charge in [-0.15, -0.1) is 0 Å². The molecule has 1 fully saturated rings. The van der Waals surface area contributed by atoms with Crippen LogP contribution in [0.3, 0.4) is 0 Å². The van der Waals surface area contributed by atoms with E-state index in [-0.39, 0.29) is 17.8 Å². The third-order valence-electron chi connectivity index (χ3n) is 7.73. The summed E-state index contributed by atoms with van der Waals surface area (Å²) in [6, 6.07) is 22.0. The highest BCUT2D eigenvalue weighted by Crippen LogP contribution is 2.29. The average Bonchev–Trinajstić information content (AvgIpc) is 3.60. The van der Waals surface area contributed by atoms with Gasteiger partial charge in [-0.05, 0) is 81.0 Å². The summed E-state index contributed by atoms with van der Waals surface area (Å²) in [6.45, 7) is 8.50. The SMILES string of the molecule is CCCCc1nc2ccc(NC(=O)C3CCCC3)cc2n1Cc1ccc(-c2ccccc2C(=O)OC(C)(C)C)cc1. The van der Waals surface area contributed by atoms with Crippen LogP contribution >= 0.6 is 0 Å². The molecule has 1 heterocycles. The van der Waals surface area contributed by atoms with Gasteiger partial charge in [-0.2, -0.15) is 0 Å². The summed E-state index contributed by atoms with van der Waals surface area (Å²) in [5.74, 6) is 0.981. The molecule has 3 aromatic carbocycles. The van der Waals surface area contributed by atoms with Crippen LogP contribution < -0.4 is 5.32 Å². The van der Waals surface area contributed by atoms with Crippen LogP contribution in [0, 0.1) is 5.92 Å². The molecule has 1 aliphatic rings. The van der Waals surface area contributed by atoms with Crippen LogP contribution in [0.4, 0.5) is 5.69 Å². The summed E-state index contributed by atoms with van der Waals surface area (Å²) in [5.41, 5.74) is 5.76. The maximum atomic E-state index is 12.9. The second-order valence-electron chi connectivity index (χ2n) is 12.1. The molecule has 0 unspecified atom stereocenters. The van der Waals surface area contributed by atoms with Crippen molar-refractivity contribution < 1.29 is 14.3 Å². The molecule has 0 bridgehead atoms. The number of carbonyl (C=O) groups is 2. The Bertz CT molecular complexity index is 1520. The lowest BCUT2D eigenvalue weighted by atomic mass is 9.98. The number of rotatable bonds is 9. The van der Waals surface area contributed by atoms with Crippen LogP contribution in [0.15, 0.2) is 66.7 Å². The fourth-order valence-corrected chi connectivity index (χ4v) is 5.60. The lowest BCUT2D eigenvalue weighted by Gasteiger charge is -2.20. The molecule has 1 amide bonds. The minimum atomic E-state index is -0.559. The zero-order valence-electron chi connectivity index (χ0n) is 24.7. The van der Waals surface area contributed by atoms with Crippen molar-refractivity contribution >= 4 is 28.6 Å². The molecule has 6 heteroatoms. The molecule has 1 N–H and O–H groups in total. The number of unbranched alkanes of at least 4 members (excludes halogenated alkanes) is 1. The van der Waals surface area contributed by atoms with E-state index in [1.807, 2.05) is 57.2 Å². The van der Waals surface area contributed by atoms with Crippen molar-refractivity contribution in [1.82, 2.24) is 9.55 Å². The number of fused-ring (bicyclic) bond motifs is 1. The van der Waals surface area contributed by atoms with Gasteiger partial charge in [-0.3, -0.25) is 4.79 Å². The molecular weight excluding hydrogens is 510 g/mol. The first kappa shape index (κ1) is 28.6. The van der Waals surface area contributed by atoms with Gasteiger partial charge in [0.05, 0.1) is 16.6 Å². The quantitative estimate of drug-likeness (QED) is 0.213.